The summed E-state index contributed by atoms with van der Waals surface area (Å²) in [6.07, 6.45) is 0. The van der Waals surface area contributed by atoms with Gasteiger partial charge in [-0.25, -0.2) is 8.42 Å². The summed E-state index contributed by atoms with van der Waals surface area (Å²) in [7, 11) is -11.7. The second-order valence-electron chi connectivity index (χ2n) is 15.7. The van der Waals surface area contributed by atoms with Crippen LogP contribution in [0.2, 0.25) is 5.28 Å². The van der Waals surface area contributed by atoms with E-state index in [9.17, 15) is 39.5 Å². The number of hydrogen-bond acceptors (Lipinski definition) is 23. The lowest BCUT2D eigenvalue weighted by atomic mass is 10.2. The Morgan fingerprint density at radius 3 is 1.56 bits per heavy atom. The molecule has 10 N–H and O–H groups in total. The molecule has 7 rings (SSSR count). The van der Waals surface area contributed by atoms with Gasteiger partial charge in [-0.2, -0.15) is 46.7 Å². The van der Waals surface area contributed by atoms with E-state index in [1.807, 2.05) is 0 Å². The number of aryl methyl sites for hydroxylation is 3. The van der Waals surface area contributed by atoms with Crippen LogP contribution >= 0.6 is 11.6 Å². The number of aliphatic hydroxyl groups excluding tert-OH is 1. The third kappa shape index (κ3) is 13.1. The monoisotopic (exact) mass is 1060 g/mol. The molecule has 0 saturated heterocycles. The first kappa shape index (κ1) is 52.0. The molecule has 2 aromatic heterocycles. The molecule has 25 nitrogen and oxygen atoms in total. The number of azo groups is 2. The van der Waals surface area contributed by atoms with Crippen LogP contribution in [0, 0.1) is 20.8 Å². The number of nitrogens with one attached hydrogen (secondary N) is 3. The zero-order chi connectivity index (χ0) is 52.1. The van der Waals surface area contributed by atoms with Crippen molar-refractivity contribution >= 4 is 117 Å². The number of benzene rings is 5. The Morgan fingerprint density at radius 2 is 1.06 bits per heavy atom. The molecule has 7 aromatic rings. The van der Waals surface area contributed by atoms with Gasteiger partial charge in [0.25, 0.3) is 20.2 Å². The molecular weight excluding hydrogens is 1020 g/mol. The lowest BCUT2D eigenvalue weighted by Gasteiger charge is -2.19. The van der Waals surface area contributed by atoms with E-state index >= 15 is 0 Å². The molecule has 374 valence electrons. The molecule has 72 heavy (non-hydrogen) atoms. The SMILES string of the molecule is Cc1ccc(N=Nc2ccc(N)cc2Nc2nc(Cl)nc(Nc3cc(S(=O)(=O)CCN(C)c4nc(C)nc(Nc5cc(N)ccc5N=Nc5ccc(C)cc5S(=O)(=O)O)n4)ccc3CO)n2)c(S(=O)(=O)O)c1. The number of sulfone groups is 1. The molecule has 0 radical (unpaired) electrons. The Balaban J connectivity index is 1.07. The van der Waals surface area contributed by atoms with Crippen LogP contribution in [0.3, 0.4) is 0 Å². The molecule has 0 spiro atoms. The van der Waals surface area contributed by atoms with Gasteiger partial charge in [0.05, 0.1) is 28.6 Å². The van der Waals surface area contributed by atoms with E-state index in [1.165, 1.54) is 77.7 Å². The molecule has 2 heterocycles. The van der Waals surface area contributed by atoms with Crippen LogP contribution in [0.5, 0.6) is 0 Å². The van der Waals surface area contributed by atoms with Gasteiger partial charge in [0.1, 0.15) is 38.4 Å². The predicted octanol–water partition coefficient (Wildman–Crippen LogP) is 7.76. The van der Waals surface area contributed by atoms with Gasteiger partial charge in [-0.15, -0.1) is 20.5 Å². The number of nitrogens with zero attached hydrogens (tertiary/aromatic N) is 11. The molecule has 5 aromatic carbocycles. The smallest absolute Gasteiger partial charge is 0.296 e. The molecule has 0 saturated carbocycles. The first-order chi connectivity index (χ1) is 33.9. The van der Waals surface area contributed by atoms with Crippen molar-refractivity contribution in [2.24, 2.45) is 20.5 Å². The fraction of sp³-hybridized carbons (Fsp3) is 0.163. The zero-order valence-corrected chi connectivity index (χ0v) is 41.5. The van der Waals surface area contributed by atoms with Crippen molar-refractivity contribution < 1.29 is 39.5 Å². The lowest BCUT2D eigenvalue weighted by Crippen LogP contribution is -2.27. The fourth-order valence-corrected chi connectivity index (χ4v) is 9.41. The maximum Gasteiger partial charge on any atom is 0.296 e. The number of nitrogens with two attached hydrogens (primary N) is 2. The number of aromatic nitrogens is 6. The molecule has 0 aliphatic rings. The van der Waals surface area contributed by atoms with Gasteiger partial charge in [0.15, 0.2) is 9.84 Å². The molecule has 0 aliphatic heterocycles. The zero-order valence-electron chi connectivity index (χ0n) is 38.2. The molecule has 29 heteroatoms. The van der Waals surface area contributed by atoms with Gasteiger partial charge in [0, 0.05) is 36.2 Å². The summed E-state index contributed by atoms with van der Waals surface area (Å²) in [4.78, 5) is 26.3. The quantitative estimate of drug-likeness (QED) is 0.0231. The van der Waals surface area contributed by atoms with Crippen molar-refractivity contribution in [3.05, 3.63) is 119 Å². The highest BCUT2D eigenvalue weighted by atomic mass is 35.5. The van der Waals surface area contributed by atoms with Crippen LogP contribution in [-0.4, -0.2) is 88.7 Å². The van der Waals surface area contributed by atoms with E-state index in [1.54, 1.807) is 46.0 Å². The van der Waals surface area contributed by atoms with Gasteiger partial charge in [0.2, 0.25) is 29.1 Å². The van der Waals surface area contributed by atoms with Crippen LogP contribution in [-0.2, 0) is 36.7 Å². The Bertz CT molecular complexity index is 3650. The molecule has 0 unspecified atom stereocenters. The summed E-state index contributed by atoms with van der Waals surface area (Å²) in [5.74, 6) is -0.319. The number of nitrogen functional groups attached to an aromatic ring is 2. The summed E-state index contributed by atoms with van der Waals surface area (Å²) >= 11 is 6.30. The van der Waals surface area contributed by atoms with Crippen molar-refractivity contribution in [1.82, 2.24) is 29.9 Å². The van der Waals surface area contributed by atoms with Crippen LogP contribution in [0.1, 0.15) is 22.5 Å². The minimum atomic E-state index is -4.64. The third-order valence-electron chi connectivity index (χ3n) is 10.1. The van der Waals surface area contributed by atoms with Gasteiger partial charge in [-0.05, 0) is 116 Å². The molecule has 0 bridgehead atoms. The Labute approximate surface area is 417 Å². The minimum Gasteiger partial charge on any atom is -0.399 e. The van der Waals surface area contributed by atoms with Crippen LogP contribution < -0.4 is 32.3 Å². The van der Waals surface area contributed by atoms with Crippen molar-refractivity contribution in [3.8, 4) is 0 Å². The van der Waals surface area contributed by atoms with E-state index in [0.29, 0.717) is 16.8 Å². The predicted molar refractivity (Wildman–Crippen MR) is 269 cm³/mol. The van der Waals surface area contributed by atoms with Crippen LogP contribution in [0.4, 0.5) is 75.0 Å². The van der Waals surface area contributed by atoms with Crippen molar-refractivity contribution in [3.63, 3.8) is 0 Å². The summed E-state index contributed by atoms with van der Waals surface area (Å²) in [6, 6.07) is 21.6. The summed E-state index contributed by atoms with van der Waals surface area (Å²) in [5, 5.41) is 35.2. The van der Waals surface area contributed by atoms with E-state index < -0.39 is 52.2 Å². The number of hydrogen-bond donors (Lipinski definition) is 8. The standard InChI is InChI=1S/C43H43ClN16O9S3/c1-23-5-11-32(37(17-23)71(64,65)66)58-56-30-13-8-27(45)19-35(30)50-40-47-25(3)48-43(55-40)60(4)15-16-70(62,63)29-10-7-26(22-61)34(21-29)49-41-52-39(44)53-42(54-41)51-36-20-28(46)9-14-31(36)57-59-33-12-6-24(2)18-38(33)72(67,68)69/h5-14,17-21,61H,15-16,22,45-46H2,1-4H3,(H,64,65,66)(H,67,68,69)(H,47,48,50,55)(H2,49,51,52,53,54). The summed E-state index contributed by atoms with van der Waals surface area (Å²) in [5.41, 5.74) is 14.9. The average molecular weight is 1060 g/mol. The number of anilines is 9. The van der Waals surface area contributed by atoms with Gasteiger partial charge >= 0.3 is 0 Å². The normalized spacial score (nSPS) is 12.1. The third-order valence-corrected chi connectivity index (χ3v) is 13.7. The lowest BCUT2D eigenvalue weighted by molar-refractivity contribution is 0.282. The average Bonchev–Trinajstić information content (AvgIpc) is 3.30. The van der Waals surface area contributed by atoms with E-state index in [4.69, 9.17) is 23.1 Å². The molecule has 0 amide bonds. The Morgan fingerprint density at radius 1 is 0.583 bits per heavy atom. The highest BCUT2D eigenvalue weighted by Crippen LogP contribution is 2.36. The Hall–Kier alpha value is -7.86. The Kier molecular flexibility index (Phi) is 15.3. The second kappa shape index (κ2) is 21.2. The highest BCUT2D eigenvalue weighted by Gasteiger charge is 2.22. The number of rotatable bonds is 18. The molecule has 0 atom stereocenters. The largest absolute Gasteiger partial charge is 0.399 e. The van der Waals surface area contributed by atoms with Gasteiger partial charge in [-0.3, -0.25) is 9.11 Å². The molecular formula is C43H43ClN16O9S3. The second-order valence-corrected chi connectivity index (χ2v) is 20.9. The van der Waals surface area contributed by atoms with E-state index in [2.05, 4.69) is 66.3 Å². The maximum atomic E-state index is 13.9. The summed E-state index contributed by atoms with van der Waals surface area (Å²) in [6.45, 7) is 4.29. The topological polar surface area (TPSA) is 381 Å². The highest BCUT2D eigenvalue weighted by molar-refractivity contribution is 7.91. The number of halogens is 1. The molecule has 0 aliphatic carbocycles. The number of aliphatic hydroxyl groups is 1. The fourth-order valence-electron chi connectivity index (χ4n) is 6.51. The first-order valence-corrected chi connectivity index (χ1v) is 25.8. The maximum absolute atomic E-state index is 13.9. The van der Waals surface area contributed by atoms with Crippen molar-refractivity contribution in [2.75, 3.05) is 51.7 Å². The van der Waals surface area contributed by atoms with Gasteiger partial charge < -0.3 is 37.4 Å². The molecule has 0 fully saturated rings. The van der Waals surface area contributed by atoms with E-state index in [0.717, 1.165) is 0 Å². The van der Waals surface area contributed by atoms with Crippen molar-refractivity contribution in [1.29, 1.82) is 0 Å². The van der Waals surface area contributed by atoms with Gasteiger partial charge in [-0.1, -0.05) is 18.2 Å². The summed E-state index contributed by atoms with van der Waals surface area (Å²) < 4.78 is 95.4. The minimum absolute atomic E-state index is 0.0316. The van der Waals surface area contributed by atoms with Crippen LogP contribution in [0.15, 0.2) is 126 Å². The first-order valence-electron chi connectivity index (χ1n) is 20.9. The van der Waals surface area contributed by atoms with Crippen molar-refractivity contribution in [2.45, 2.75) is 42.1 Å². The van der Waals surface area contributed by atoms with Crippen LogP contribution in [0.25, 0.3) is 0 Å². The van der Waals surface area contributed by atoms with E-state index in [-0.39, 0.29) is 97.4 Å².